The Morgan fingerprint density at radius 2 is 2.27 bits per heavy atom. The van der Waals surface area contributed by atoms with E-state index in [1.54, 1.807) is 0 Å². The number of nitrogens with zero attached hydrogens (tertiary/aromatic N) is 1. The van der Waals surface area contributed by atoms with E-state index in [0.717, 1.165) is 13.3 Å². The molecular formula is C8H7ClF2N2O2. The second-order valence-corrected chi connectivity index (χ2v) is 2.96. The molecule has 0 radical (unpaired) electrons. The van der Waals surface area contributed by atoms with Crippen molar-refractivity contribution < 1.29 is 18.3 Å². The molecule has 0 aliphatic heterocycles. The van der Waals surface area contributed by atoms with Crippen molar-refractivity contribution in [2.45, 2.75) is 6.43 Å². The zero-order chi connectivity index (χ0) is 11.6. The van der Waals surface area contributed by atoms with E-state index in [1.165, 1.54) is 0 Å². The van der Waals surface area contributed by atoms with E-state index in [9.17, 15) is 13.6 Å². The van der Waals surface area contributed by atoms with E-state index in [4.69, 9.17) is 17.3 Å². The summed E-state index contributed by atoms with van der Waals surface area (Å²) in [5.74, 6) is -1.14. The maximum absolute atomic E-state index is 12.4. The minimum atomic E-state index is -2.82. The Morgan fingerprint density at radius 3 is 2.73 bits per heavy atom. The highest BCUT2D eigenvalue weighted by Gasteiger charge is 2.22. The molecule has 1 aromatic heterocycles. The molecule has 0 saturated carbocycles. The molecule has 82 valence electrons. The Kier molecular flexibility index (Phi) is 3.41. The number of hydrogen-bond donors (Lipinski definition) is 1. The Labute approximate surface area is 89.0 Å². The summed E-state index contributed by atoms with van der Waals surface area (Å²) in [7, 11) is 1.09. The normalized spacial score (nSPS) is 10.5. The van der Waals surface area contributed by atoms with Gasteiger partial charge in [-0.05, 0) is 0 Å². The first-order valence-corrected chi connectivity index (χ1v) is 4.17. The molecule has 4 nitrogen and oxygen atoms in total. The summed E-state index contributed by atoms with van der Waals surface area (Å²) < 4.78 is 29.1. The number of carbonyl (C=O) groups is 1. The summed E-state index contributed by atoms with van der Waals surface area (Å²) in [6.45, 7) is 0. The number of rotatable bonds is 2. The lowest BCUT2D eigenvalue weighted by Crippen LogP contribution is -2.10. The van der Waals surface area contributed by atoms with Gasteiger partial charge in [-0.25, -0.2) is 18.6 Å². The number of aromatic nitrogens is 1. The molecule has 0 aliphatic rings. The summed E-state index contributed by atoms with van der Waals surface area (Å²) in [6, 6.07) is 0. The summed E-state index contributed by atoms with van der Waals surface area (Å²) in [5, 5.41) is -0.427. The van der Waals surface area contributed by atoms with Crippen LogP contribution >= 0.6 is 11.6 Å². The lowest BCUT2D eigenvalue weighted by Gasteiger charge is -2.08. The van der Waals surface area contributed by atoms with E-state index >= 15 is 0 Å². The highest BCUT2D eigenvalue weighted by molar-refractivity contribution is 6.35. The number of hydrogen-bond acceptors (Lipinski definition) is 4. The second-order valence-electron chi connectivity index (χ2n) is 2.58. The fourth-order valence-corrected chi connectivity index (χ4v) is 1.27. The van der Waals surface area contributed by atoms with Gasteiger partial charge in [0.05, 0.1) is 17.7 Å². The van der Waals surface area contributed by atoms with Crippen LogP contribution in [0.5, 0.6) is 0 Å². The zero-order valence-electron chi connectivity index (χ0n) is 7.63. The monoisotopic (exact) mass is 236 g/mol. The summed E-state index contributed by atoms with van der Waals surface area (Å²) in [6.07, 6.45) is -2.00. The number of carbonyl (C=O) groups excluding carboxylic acids is 1. The van der Waals surface area contributed by atoms with E-state index in [0.29, 0.717) is 0 Å². The Bertz CT molecular complexity index is 398. The minimum absolute atomic E-state index is 0.240. The molecule has 15 heavy (non-hydrogen) atoms. The van der Waals surface area contributed by atoms with Crippen LogP contribution in [0, 0.1) is 0 Å². The van der Waals surface area contributed by atoms with Crippen LogP contribution in [0.1, 0.15) is 22.3 Å². The zero-order valence-corrected chi connectivity index (χ0v) is 8.39. The molecule has 0 saturated heterocycles. The van der Waals surface area contributed by atoms with Crippen LogP contribution in [0.3, 0.4) is 0 Å². The quantitative estimate of drug-likeness (QED) is 0.798. The van der Waals surface area contributed by atoms with Crippen LogP contribution in [0.2, 0.25) is 5.02 Å². The van der Waals surface area contributed by atoms with Gasteiger partial charge < -0.3 is 10.5 Å². The average molecular weight is 237 g/mol. The number of halogens is 3. The molecule has 7 heteroatoms. The van der Waals surface area contributed by atoms with Gasteiger partial charge in [0.2, 0.25) is 0 Å². The molecule has 0 spiro atoms. The van der Waals surface area contributed by atoms with Gasteiger partial charge in [0.25, 0.3) is 6.43 Å². The molecule has 0 aliphatic carbocycles. The van der Waals surface area contributed by atoms with Crippen LogP contribution < -0.4 is 5.73 Å². The van der Waals surface area contributed by atoms with Crippen LogP contribution in [-0.4, -0.2) is 18.1 Å². The SMILES string of the molecule is COC(=O)c1c(N)ncc(C(F)F)c1Cl. The standard InChI is InChI=1S/C8H7ClF2N2O2/c1-15-8(14)4-5(9)3(6(10)11)2-13-7(4)12/h2,6H,1H3,(H2,12,13). The van der Waals surface area contributed by atoms with Gasteiger partial charge in [-0.2, -0.15) is 0 Å². The number of pyridine rings is 1. The van der Waals surface area contributed by atoms with E-state index in [-0.39, 0.29) is 11.4 Å². The van der Waals surface area contributed by atoms with Crippen molar-refractivity contribution in [2.24, 2.45) is 0 Å². The first-order chi connectivity index (χ1) is 6.99. The van der Waals surface area contributed by atoms with Crippen LogP contribution in [0.25, 0.3) is 0 Å². The third kappa shape index (κ3) is 2.15. The number of nitrogen functional groups attached to an aromatic ring is 1. The predicted octanol–water partition coefficient (Wildman–Crippen LogP) is 2.04. The number of anilines is 1. The second kappa shape index (κ2) is 4.39. The topological polar surface area (TPSA) is 65.2 Å². The largest absolute Gasteiger partial charge is 0.465 e. The van der Waals surface area contributed by atoms with Crippen LogP contribution in [-0.2, 0) is 4.74 Å². The molecule has 0 amide bonds. The molecule has 0 aromatic carbocycles. The molecular weight excluding hydrogens is 230 g/mol. The lowest BCUT2D eigenvalue weighted by molar-refractivity contribution is 0.0601. The number of ether oxygens (including phenoxy) is 1. The number of nitrogens with two attached hydrogens (primary N) is 1. The molecule has 0 unspecified atom stereocenters. The summed E-state index contributed by atoms with van der Waals surface area (Å²) >= 11 is 5.58. The Hall–Kier alpha value is -1.43. The lowest BCUT2D eigenvalue weighted by atomic mass is 10.2. The van der Waals surface area contributed by atoms with E-state index in [1.807, 2.05) is 0 Å². The highest BCUT2D eigenvalue weighted by atomic mass is 35.5. The Morgan fingerprint density at radius 1 is 1.67 bits per heavy atom. The van der Waals surface area contributed by atoms with Crippen molar-refractivity contribution >= 4 is 23.4 Å². The van der Waals surface area contributed by atoms with E-state index < -0.39 is 23.0 Å². The van der Waals surface area contributed by atoms with Gasteiger partial charge in [-0.15, -0.1) is 0 Å². The summed E-state index contributed by atoms with van der Waals surface area (Å²) in [5.41, 5.74) is 4.44. The third-order valence-electron chi connectivity index (χ3n) is 1.70. The molecule has 0 fully saturated rings. The van der Waals surface area contributed by atoms with Gasteiger partial charge in [-0.3, -0.25) is 0 Å². The molecule has 2 N–H and O–H groups in total. The van der Waals surface area contributed by atoms with Crippen LogP contribution in [0.4, 0.5) is 14.6 Å². The third-order valence-corrected chi connectivity index (χ3v) is 2.10. The minimum Gasteiger partial charge on any atom is -0.465 e. The number of methoxy groups -OCH3 is 1. The Balaban J connectivity index is 3.36. The van der Waals surface area contributed by atoms with Crippen molar-refractivity contribution in [3.8, 4) is 0 Å². The molecule has 0 atom stereocenters. The maximum Gasteiger partial charge on any atom is 0.343 e. The first kappa shape index (κ1) is 11.6. The fourth-order valence-electron chi connectivity index (χ4n) is 0.965. The molecule has 1 rings (SSSR count). The van der Waals surface area contributed by atoms with Crippen molar-refractivity contribution in [3.05, 3.63) is 22.3 Å². The average Bonchev–Trinajstić information content (AvgIpc) is 2.16. The molecule has 1 heterocycles. The first-order valence-electron chi connectivity index (χ1n) is 3.79. The predicted molar refractivity (Wildman–Crippen MR) is 50.0 cm³/mol. The van der Waals surface area contributed by atoms with Gasteiger partial charge in [0.1, 0.15) is 11.4 Å². The van der Waals surface area contributed by atoms with Crippen molar-refractivity contribution in [1.29, 1.82) is 0 Å². The van der Waals surface area contributed by atoms with Gasteiger partial charge in [0.15, 0.2) is 0 Å². The maximum atomic E-state index is 12.4. The highest BCUT2D eigenvalue weighted by Crippen LogP contribution is 2.31. The van der Waals surface area contributed by atoms with Gasteiger partial charge >= 0.3 is 5.97 Å². The molecule has 1 aromatic rings. The number of alkyl halides is 2. The van der Waals surface area contributed by atoms with Crippen molar-refractivity contribution in [2.75, 3.05) is 12.8 Å². The van der Waals surface area contributed by atoms with Gasteiger partial charge in [-0.1, -0.05) is 11.6 Å². The van der Waals surface area contributed by atoms with Crippen molar-refractivity contribution in [3.63, 3.8) is 0 Å². The smallest absolute Gasteiger partial charge is 0.343 e. The van der Waals surface area contributed by atoms with Crippen molar-refractivity contribution in [1.82, 2.24) is 4.98 Å². The van der Waals surface area contributed by atoms with Gasteiger partial charge in [0, 0.05) is 6.20 Å². The van der Waals surface area contributed by atoms with E-state index in [2.05, 4.69) is 9.72 Å². The number of esters is 1. The summed E-state index contributed by atoms with van der Waals surface area (Å²) in [4.78, 5) is 14.6. The molecule has 0 bridgehead atoms. The van der Waals surface area contributed by atoms with Crippen LogP contribution in [0.15, 0.2) is 6.20 Å². The fraction of sp³-hybridized carbons (Fsp3) is 0.250.